The molecule has 31 heavy (non-hydrogen) atoms. The Kier molecular flexibility index (Phi) is 5.80. The van der Waals surface area contributed by atoms with E-state index in [1.807, 2.05) is 48.5 Å². The Morgan fingerprint density at radius 2 is 1.29 bits per heavy atom. The van der Waals surface area contributed by atoms with Gasteiger partial charge in [-0.3, -0.25) is 14.5 Å². The lowest BCUT2D eigenvalue weighted by molar-refractivity contribution is 0.0642. The van der Waals surface area contributed by atoms with Gasteiger partial charge in [0, 0.05) is 5.56 Å². The van der Waals surface area contributed by atoms with E-state index in [0.717, 1.165) is 24.0 Å². The third kappa shape index (κ3) is 4.33. The SMILES string of the molecule is CON=C(N)c1ccc(CCc2ccc(CN3C(=O)c4ccccc4C3=O)cc2)cc1. The summed E-state index contributed by atoms with van der Waals surface area (Å²) >= 11 is 0. The normalized spacial score (nSPS) is 13.5. The van der Waals surface area contributed by atoms with Gasteiger partial charge >= 0.3 is 0 Å². The first-order valence-electron chi connectivity index (χ1n) is 10.1. The summed E-state index contributed by atoms with van der Waals surface area (Å²) in [6, 6.07) is 22.9. The van der Waals surface area contributed by atoms with Crippen molar-refractivity contribution in [1.82, 2.24) is 4.90 Å². The number of amidine groups is 1. The van der Waals surface area contributed by atoms with Crippen molar-refractivity contribution in [2.45, 2.75) is 19.4 Å². The number of nitrogens with two attached hydrogens (primary N) is 1. The number of imide groups is 1. The van der Waals surface area contributed by atoms with Crippen LogP contribution in [0.15, 0.2) is 78.0 Å². The van der Waals surface area contributed by atoms with E-state index in [9.17, 15) is 9.59 Å². The first kappa shape index (κ1) is 20.3. The van der Waals surface area contributed by atoms with E-state index in [1.165, 1.54) is 23.1 Å². The maximum Gasteiger partial charge on any atom is 0.261 e. The molecule has 1 aliphatic rings. The number of carbonyl (C=O) groups excluding carboxylic acids is 2. The van der Waals surface area contributed by atoms with Crippen LogP contribution in [0.4, 0.5) is 0 Å². The monoisotopic (exact) mass is 413 g/mol. The average molecular weight is 413 g/mol. The van der Waals surface area contributed by atoms with Gasteiger partial charge in [-0.1, -0.05) is 65.8 Å². The molecule has 1 heterocycles. The van der Waals surface area contributed by atoms with Crippen molar-refractivity contribution in [2.75, 3.05) is 7.11 Å². The van der Waals surface area contributed by atoms with Gasteiger partial charge in [-0.05, 0) is 41.7 Å². The summed E-state index contributed by atoms with van der Waals surface area (Å²) in [4.78, 5) is 31.0. The van der Waals surface area contributed by atoms with E-state index in [2.05, 4.69) is 5.16 Å². The van der Waals surface area contributed by atoms with Gasteiger partial charge in [0.1, 0.15) is 7.11 Å². The minimum Gasteiger partial charge on any atom is -0.397 e. The van der Waals surface area contributed by atoms with E-state index < -0.39 is 0 Å². The summed E-state index contributed by atoms with van der Waals surface area (Å²) in [5.41, 5.74) is 10.9. The zero-order chi connectivity index (χ0) is 21.8. The van der Waals surface area contributed by atoms with E-state index in [1.54, 1.807) is 24.3 Å². The topological polar surface area (TPSA) is 85.0 Å². The molecule has 0 unspecified atom stereocenters. The lowest BCUT2D eigenvalue weighted by Crippen LogP contribution is -2.29. The second-order valence-electron chi connectivity index (χ2n) is 7.41. The number of benzene rings is 3. The van der Waals surface area contributed by atoms with Crippen molar-refractivity contribution in [3.8, 4) is 0 Å². The second kappa shape index (κ2) is 8.83. The molecule has 0 fully saturated rings. The predicted octanol–water partition coefficient (Wildman–Crippen LogP) is 3.53. The van der Waals surface area contributed by atoms with Crippen LogP contribution in [0.5, 0.6) is 0 Å². The van der Waals surface area contributed by atoms with Crippen LogP contribution in [0.3, 0.4) is 0 Å². The van der Waals surface area contributed by atoms with Crippen LogP contribution in [0.2, 0.25) is 0 Å². The zero-order valence-corrected chi connectivity index (χ0v) is 17.2. The van der Waals surface area contributed by atoms with Gasteiger partial charge in [0.25, 0.3) is 11.8 Å². The van der Waals surface area contributed by atoms with Crippen molar-refractivity contribution >= 4 is 17.6 Å². The highest BCUT2D eigenvalue weighted by molar-refractivity contribution is 6.21. The van der Waals surface area contributed by atoms with E-state index >= 15 is 0 Å². The van der Waals surface area contributed by atoms with Gasteiger partial charge in [-0.25, -0.2) is 0 Å². The third-order valence-electron chi connectivity index (χ3n) is 5.38. The molecule has 0 bridgehead atoms. The van der Waals surface area contributed by atoms with Gasteiger partial charge in [-0.2, -0.15) is 0 Å². The van der Waals surface area contributed by atoms with Crippen LogP contribution in [-0.4, -0.2) is 29.7 Å². The molecule has 0 saturated heterocycles. The maximum absolute atomic E-state index is 12.5. The molecule has 6 heteroatoms. The van der Waals surface area contributed by atoms with Crippen molar-refractivity contribution < 1.29 is 14.4 Å². The fraction of sp³-hybridized carbons (Fsp3) is 0.160. The quantitative estimate of drug-likeness (QED) is 0.278. The lowest BCUT2D eigenvalue weighted by Gasteiger charge is -2.14. The van der Waals surface area contributed by atoms with Gasteiger partial charge in [0.15, 0.2) is 5.84 Å². The molecule has 3 aromatic carbocycles. The molecule has 6 nitrogen and oxygen atoms in total. The number of nitrogens with zero attached hydrogens (tertiary/aromatic N) is 2. The molecule has 2 N–H and O–H groups in total. The van der Waals surface area contributed by atoms with Crippen LogP contribution in [-0.2, 0) is 24.2 Å². The van der Waals surface area contributed by atoms with E-state index in [-0.39, 0.29) is 18.4 Å². The van der Waals surface area contributed by atoms with E-state index in [0.29, 0.717) is 17.0 Å². The third-order valence-corrected chi connectivity index (χ3v) is 5.38. The molecule has 4 rings (SSSR count). The Balaban J connectivity index is 1.35. The lowest BCUT2D eigenvalue weighted by atomic mass is 10.0. The minimum absolute atomic E-state index is 0.232. The molecule has 2 amide bonds. The van der Waals surface area contributed by atoms with Gasteiger partial charge in [0.05, 0.1) is 17.7 Å². The van der Waals surface area contributed by atoms with Crippen molar-refractivity contribution in [3.05, 3.63) is 106 Å². The zero-order valence-electron chi connectivity index (χ0n) is 17.2. The number of hydrogen-bond acceptors (Lipinski definition) is 4. The van der Waals surface area contributed by atoms with Crippen LogP contribution in [0.1, 0.15) is 43.0 Å². The Morgan fingerprint density at radius 1 is 0.806 bits per heavy atom. The first-order valence-corrected chi connectivity index (χ1v) is 10.1. The molecule has 156 valence electrons. The number of hydrogen-bond donors (Lipinski definition) is 1. The highest BCUT2D eigenvalue weighted by atomic mass is 16.6. The smallest absolute Gasteiger partial charge is 0.261 e. The number of oxime groups is 1. The van der Waals surface area contributed by atoms with Crippen LogP contribution < -0.4 is 5.73 Å². The van der Waals surface area contributed by atoms with Crippen molar-refractivity contribution in [1.29, 1.82) is 0 Å². The summed E-state index contributed by atoms with van der Waals surface area (Å²) in [7, 11) is 1.46. The number of carbonyl (C=O) groups is 2. The van der Waals surface area contributed by atoms with Crippen LogP contribution in [0, 0.1) is 0 Å². The molecular formula is C25H23N3O3. The van der Waals surface area contributed by atoms with Gasteiger partial charge in [0.2, 0.25) is 0 Å². The number of rotatable bonds is 7. The fourth-order valence-corrected chi connectivity index (χ4v) is 3.66. The van der Waals surface area contributed by atoms with Crippen molar-refractivity contribution in [2.24, 2.45) is 10.9 Å². The standard InChI is InChI=1S/C25H23N3O3/c1-31-27-23(26)20-14-12-18(13-15-20)7-6-17-8-10-19(11-9-17)16-28-24(29)21-4-2-3-5-22(21)25(28)30/h2-5,8-15H,6-7,16H2,1H3,(H2,26,27). The highest BCUT2D eigenvalue weighted by Gasteiger charge is 2.34. The molecule has 0 aromatic heterocycles. The molecule has 0 radical (unpaired) electrons. The average Bonchev–Trinajstić information content (AvgIpc) is 3.04. The maximum atomic E-state index is 12.5. The van der Waals surface area contributed by atoms with Crippen molar-refractivity contribution in [3.63, 3.8) is 0 Å². The summed E-state index contributed by atoms with van der Waals surface area (Å²) < 4.78 is 0. The summed E-state index contributed by atoms with van der Waals surface area (Å²) in [5.74, 6) is -0.115. The molecule has 0 spiro atoms. The number of aryl methyl sites for hydroxylation is 2. The highest BCUT2D eigenvalue weighted by Crippen LogP contribution is 2.24. The molecular weight excluding hydrogens is 390 g/mol. The Morgan fingerprint density at radius 3 is 1.81 bits per heavy atom. The molecule has 0 aliphatic carbocycles. The second-order valence-corrected chi connectivity index (χ2v) is 7.41. The summed E-state index contributed by atoms with van der Waals surface area (Å²) in [6.45, 7) is 0.276. The Bertz CT molecular complexity index is 1100. The summed E-state index contributed by atoms with van der Waals surface area (Å²) in [6.07, 6.45) is 1.77. The minimum atomic E-state index is -0.232. The van der Waals surface area contributed by atoms with Crippen LogP contribution >= 0.6 is 0 Å². The van der Waals surface area contributed by atoms with Gasteiger partial charge in [-0.15, -0.1) is 0 Å². The van der Waals surface area contributed by atoms with Crippen LogP contribution in [0.25, 0.3) is 0 Å². The number of amides is 2. The number of fused-ring (bicyclic) bond motifs is 1. The van der Waals surface area contributed by atoms with E-state index in [4.69, 9.17) is 10.6 Å². The molecule has 1 aliphatic heterocycles. The predicted molar refractivity (Wildman–Crippen MR) is 119 cm³/mol. The molecule has 0 atom stereocenters. The van der Waals surface area contributed by atoms with Gasteiger partial charge < -0.3 is 10.6 Å². The molecule has 0 saturated carbocycles. The molecule has 3 aromatic rings. The largest absolute Gasteiger partial charge is 0.397 e. The Labute approximate surface area is 180 Å². The first-order chi connectivity index (χ1) is 15.1. The summed E-state index contributed by atoms with van der Waals surface area (Å²) in [5, 5.41) is 3.73. The fourth-order valence-electron chi connectivity index (χ4n) is 3.66. The Hall–Kier alpha value is -3.93.